The summed E-state index contributed by atoms with van der Waals surface area (Å²) >= 11 is 0. The van der Waals surface area contributed by atoms with Gasteiger partial charge in [0.1, 0.15) is 5.82 Å². The van der Waals surface area contributed by atoms with E-state index in [1.165, 1.54) is 5.56 Å². The molecule has 158 valence electrons. The van der Waals surface area contributed by atoms with Crippen LogP contribution in [0, 0.1) is 0 Å². The van der Waals surface area contributed by atoms with E-state index in [4.69, 9.17) is 0 Å². The fraction of sp³-hybridized carbons (Fsp3) is 0.333. The van der Waals surface area contributed by atoms with Crippen molar-refractivity contribution in [3.8, 4) is 0 Å². The monoisotopic (exact) mass is 415 g/mol. The van der Waals surface area contributed by atoms with Crippen LogP contribution in [0.15, 0.2) is 58.4 Å². The SMILES string of the molecule is O=C(NN=C1CCN(Cc2ccccc2)CC1)c1ccc2c(=O)n3c(nc2c1)CCC3. The van der Waals surface area contributed by atoms with Crippen LogP contribution in [-0.2, 0) is 19.5 Å². The van der Waals surface area contributed by atoms with Crippen molar-refractivity contribution in [2.45, 2.75) is 38.8 Å². The lowest BCUT2D eigenvalue weighted by atomic mass is 10.1. The summed E-state index contributed by atoms with van der Waals surface area (Å²) in [6.45, 7) is 3.52. The molecule has 0 radical (unpaired) electrons. The van der Waals surface area contributed by atoms with E-state index in [0.717, 1.165) is 63.4 Å². The molecule has 0 atom stereocenters. The molecule has 5 rings (SSSR count). The molecule has 7 nitrogen and oxygen atoms in total. The fourth-order valence-corrected chi connectivity index (χ4v) is 4.34. The number of hydrogen-bond donors (Lipinski definition) is 1. The van der Waals surface area contributed by atoms with Crippen molar-refractivity contribution >= 4 is 22.5 Å². The number of amides is 1. The molecule has 31 heavy (non-hydrogen) atoms. The number of rotatable bonds is 4. The van der Waals surface area contributed by atoms with E-state index >= 15 is 0 Å². The summed E-state index contributed by atoms with van der Waals surface area (Å²) in [4.78, 5) is 32.2. The van der Waals surface area contributed by atoms with Crippen LogP contribution in [0.4, 0.5) is 0 Å². The summed E-state index contributed by atoms with van der Waals surface area (Å²) in [7, 11) is 0. The molecule has 3 heterocycles. The van der Waals surface area contributed by atoms with Crippen LogP contribution in [-0.4, -0.2) is 39.2 Å². The van der Waals surface area contributed by atoms with Crippen LogP contribution in [0.5, 0.6) is 0 Å². The Bertz CT molecular complexity index is 1210. The molecule has 1 saturated heterocycles. The minimum Gasteiger partial charge on any atom is -0.298 e. The zero-order valence-corrected chi connectivity index (χ0v) is 17.4. The number of aryl methyl sites for hydroxylation is 1. The van der Waals surface area contributed by atoms with Crippen LogP contribution in [0.1, 0.15) is 41.0 Å². The van der Waals surface area contributed by atoms with Gasteiger partial charge in [-0.1, -0.05) is 30.3 Å². The van der Waals surface area contributed by atoms with Crippen molar-refractivity contribution in [2.75, 3.05) is 13.1 Å². The molecule has 0 bridgehead atoms. The zero-order chi connectivity index (χ0) is 21.2. The summed E-state index contributed by atoms with van der Waals surface area (Å²) in [6.07, 6.45) is 3.42. The van der Waals surface area contributed by atoms with Crippen molar-refractivity contribution in [1.29, 1.82) is 0 Å². The predicted molar refractivity (Wildman–Crippen MR) is 120 cm³/mol. The molecule has 2 aliphatic rings. The molecule has 0 aliphatic carbocycles. The minimum atomic E-state index is -0.275. The number of fused-ring (bicyclic) bond motifs is 2. The van der Waals surface area contributed by atoms with Gasteiger partial charge in [-0.2, -0.15) is 5.10 Å². The van der Waals surface area contributed by atoms with Crippen molar-refractivity contribution in [2.24, 2.45) is 5.10 Å². The number of piperidine rings is 1. The highest BCUT2D eigenvalue weighted by Crippen LogP contribution is 2.16. The van der Waals surface area contributed by atoms with Crippen molar-refractivity contribution in [1.82, 2.24) is 19.9 Å². The maximum atomic E-state index is 12.6. The molecule has 2 aliphatic heterocycles. The summed E-state index contributed by atoms with van der Waals surface area (Å²) < 4.78 is 1.73. The van der Waals surface area contributed by atoms with Gasteiger partial charge in [0, 0.05) is 56.7 Å². The van der Waals surface area contributed by atoms with Gasteiger partial charge < -0.3 is 0 Å². The Kier molecular flexibility index (Phi) is 5.34. The van der Waals surface area contributed by atoms with E-state index in [-0.39, 0.29) is 11.5 Å². The van der Waals surface area contributed by atoms with Crippen LogP contribution >= 0.6 is 0 Å². The van der Waals surface area contributed by atoms with Gasteiger partial charge in [0.25, 0.3) is 11.5 Å². The third-order valence-electron chi connectivity index (χ3n) is 6.08. The standard InChI is InChI=1S/C24H25N5O2/c30-23(18-8-9-20-21(15-18)25-22-7-4-12-29(22)24(20)31)27-26-19-10-13-28(14-11-19)16-17-5-2-1-3-6-17/h1-3,5-6,8-9,15H,4,7,10-14,16H2,(H,27,30). The Morgan fingerprint density at radius 1 is 1.03 bits per heavy atom. The number of benzene rings is 2. The first-order valence-electron chi connectivity index (χ1n) is 10.8. The van der Waals surface area contributed by atoms with E-state index in [1.54, 1.807) is 22.8 Å². The Labute approximate surface area is 180 Å². The number of nitrogens with zero attached hydrogens (tertiary/aromatic N) is 4. The predicted octanol–water partition coefficient (Wildman–Crippen LogP) is 2.72. The second-order valence-electron chi connectivity index (χ2n) is 8.20. The third-order valence-corrected chi connectivity index (χ3v) is 6.08. The number of nitrogens with one attached hydrogen (secondary N) is 1. The van der Waals surface area contributed by atoms with Gasteiger partial charge in [-0.3, -0.25) is 19.1 Å². The second-order valence-corrected chi connectivity index (χ2v) is 8.20. The van der Waals surface area contributed by atoms with Crippen LogP contribution < -0.4 is 11.0 Å². The van der Waals surface area contributed by atoms with E-state index in [1.807, 2.05) is 6.07 Å². The highest BCUT2D eigenvalue weighted by atomic mass is 16.2. The summed E-state index contributed by atoms with van der Waals surface area (Å²) in [5, 5.41) is 4.92. The second kappa shape index (κ2) is 8.43. The smallest absolute Gasteiger partial charge is 0.271 e. The quantitative estimate of drug-likeness (QED) is 0.665. The zero-order valence-electron chi connectivity index (χ0n) is 17.4. The van der Waals surface area contributed by atoms with E-state index in [0.29, 0.717) is 16.5 Å². The molecule has 3 aromatic rings. The first-order chi connectivity index (χ1) is 15.2. The Morgan fingerprint density at radius 2 is 1.84 bits per heavy atom. The fourth-order valence-electron chi connectivity index (χ4n) is 4.34. The molecule has 0 spiro atoms. The first kappa shape index (κ1) is 19.6. The number of carbonyl (C=O) groups is 1. The van der Waals surface area contributed by atoms with Gasteiger partial charge >= 0.3 is 0 Å². The number of hydrogen-bond acceptors (Lipinski definition) is 5. The number of hydrazone groups is 1. The minimum absolute atomic E-state index is 0.0213. The van der Waals surface area contributed by atoms with E-state index in [2.05, 4.69) is 44.7 Å². The van der Waals surface area contributed by atoms with Gasteiger partial charge in [0.05, 0.1) is 10.9 Å². The van der Waals surface area contributed by atoms with Crippen LogP contribution in [0.3, 0.4) is 0 Å². The molecule has 1 amide bonds. The lowest BCUT2D eigenvalue weighted by Crippen LogP contribution is -2.34. The van der Waals surface area contributed by atoms with Gasteiger partial charge in [0.2, 0.25) is 0 Å². The molecular weight excluding hydrogens is 390 g/mol. The van der Waals surface area contributed by atoms with Gasteiger partial charge in [-0.15, -0.1) is 0 Å². The molecule has 1 N–H and O–H groups in total. The molecular formula is C24H25N5O2. The maximum Gasteiger partial charge on any atom is 0.271 e. The normalized spacial score (nSPS) is 16.3. The largest absolute Gasteiger partial charge is 0.298 e. The Hall–Kier alpha value is -3.32. The van der Waals surface area contributed by atoms with Gasteiger partial charge in [-0.05, 0) is 30.2 Å². The first-order valence-corrected chi connectivity index (χ1v) is 10.8. The summed E-state index contributed by atoms with van der Waals surface area (Å²) in [5.74, 6) is 0.529. The lowest BCUT2D eigenvalue weighted by Gasteiger charge is -2.27. The molecule has 0 saturated carbocycles. The molecule has 1 aromatic heterocycles. The van der Waals surface area contributed by atoms with Crippen LogP contribution in [0.25, 0.3) is 10.9 Å². The lowest BCUT2D eigenvalue weighted by molar-refractivity contribution is 0.0954. The van der Waals surface area contributed by atoms with E-state index < -0.39 is 0 Å². The maximum absolute atomic E-state index is 12.6. The molecule has 7 heteroatoms. The number of carbonyl (C=O) groups excluding carboxylic acids is 1. The third kappa shape index (κ3) is 4.14. The van der Waals surface area contributed by atoms with Gasteiger partial charge in [-0.25, -0.2) is 10.4 Å². The van der Waals surface area contributed by atoms with Gasteiger partial charge in [0.15, 0.2) is 0 Å². The Morgan fingerprint density at radius 3 is 2.65 bits per heavy atom. The van der Waals surface area contributed by atoms with Crippen molar-refractivity contribution < 1.29 is 4.79 Å². The number of aromatic nitrogens is 2. The Balaban J connectivity index is 1.22. The average Bonchev–Trinajstić information content (AvgIpc) is 3.28. The van der Waals surface area contributed by atoms with Crippen molar-refractivity contribution in [3.63, 3.8) is 0 Å². The number of likely N-dealkylation sites (tertiary alicyclic amines) is 1. The highest BCUT2D eigenvalue weighted by Gasteiger charge is 2.18. The van der Waals surface area contributed by atoms with Crippen molar-refractivity contribution in [3.05, 3.63) is 75.8 Å². The summed E-state index contributed by atoms with van der Waals surface area (Å²) in [6, 6.07) is 15.5. The topological polar surface area (TPSA) is 79.6 Å². The average molecular weight is 415 g/mol. The molecule has 2 aromatic carbocycles. The summed E-state index contributed by atoms with van der Waals surface area (Å²) in [5.41, 5.74) is 6.02. The molecule has 1 fully saturated rings. The molecule has 0 unspecified atom stereocenters. The van der Waals surface area contributed by atoms with E-state index in [9.17, 15) is 9.59 Å². The highest BCUT2D eigenvalue weighted by molar-refractivity contribution is 5.98. The van der Waals surface area contributed by atoms with Crippen LogP contribution in [0.2, 0.25) is 0 Å².